The number of hydrogen-bond donors (Lipinski definition) is 3. The maximum Gasteiger partial charge on any atom is 0.274 e. The van der Waals surface area contributed by atoms with Crippen molar-refractivity contribution in [3.05, 3.63) is 69.6 Å². The summed E-state index contributed by atoms with van der Waals surface area (Å²) in [5, 5.41) is 17.7. The number of aromatic hydroxyl groups is 1. The summed E-state index contributed by atoms with van der Waals surface area (Å²) in [6.45, 7) is 1.91. The second kappa shape index (κ2) is 7.41. The second-order valence-electron chi connectivity index (χ2n) is 6.20. The molecular weight excluding hydrogens is 384 g/mol. The third-order valence-electron chi connectivity index (χ3n) is 4.21. The number of nitrogens with zero attached hydrogens (tertiary/aromatic N) is 2. The van der Waals surface area contributed by atoms with Gasteiger partial charge in [-0.3, -0.25) is 14.0 Å². The zero-order chi connectivity index (χ0) is 20.5. The largest absolute Gasteiger partial charge is 0.493 e. The van der Waals surface area contributed by atoms with Crippen molar-refractivity contribution >= 4 is 21.6 Å². The minimum Gasteiger partial charge on any atom is -0.493 e. The Bertz CT molecular complexity index is 1220. The van der Waals surface area contributed by atoms with Gasteiger partial charge in [0.15, 0.2) is 5.56 Å². The van der Waals surface area contributed by atoms with Gasteiger partial charge in [-0.15, -0.1) is 0 Å². The average molecular weight is 402 g/mol. The molecule has 28 heavy (non-hydrogen) atoms. The Balaban J connectivity index is 1.74. The van der Waals surface area contributed by atoms with E-state index in [9.17, 15) is 23.1 Å². The Morgan fingerprint density at radius 3 is 2.57 bits per heavy atom. The Labute approximate surface area is 160 Å². The summed E-state index contributed by atoms with van der Waals surface area (Å²) in [6.07, 6.45) is 1.86. The van der Waals surface area contributed by atoms with Crippen molar-refractivity contribution in [3.63, 3.8) is 0 Å². The van der Waals surface area contributed by atoms with E-state index in [1.165, 1.54) is 22.7 Å². The lowest BCUT2D eigenvalue weighted by molar-refractivity contribution is 0.0949. The van der Waals surface area contributed by atoms with E-state index in [1.807, 2.05) is 0 Å². The zero-order valence-electron chi connectivity index (χ0n) is 14.9. The first kappa shape index (κ1) is 19.5. The molecule has 0 aliphatic rings. The van der Waals surface area contributed by atoms with Crippen LogP contribution in [-0.2, 0) is 16.4 Å². The van der Waals surface area contributed by atoms with E-state index in [0.29, 0.717) is 12.0 Å². The number of rotatable bonds is 5. The lowest BCUT2D eigenvalue weighted by Gasteiger charge is -2.09. The molecule has 0 unspecified atom stereocenters. The highest BCUT2D eigenvalue weighted by molar-refractivity contribution is 7.89. The van der Waals surface area contributed by atoms with Gasteiger partial charge in [-0.1, -0.05) is 18.2 Å². The summed E-state index contributed by atoms with van der Waals surface area (Å²) in [5.41, 5.74) is 0.621. The SMILES string of the molecule is Cc1cccn2c(=O)c(C(=O)NCCc3ccc(S(N)(=O)=O)cc3)c(O)nc12. The van der Waals surface area contributed by atoms with E-state index in [-0.39, 0.29) is 17.1 Å². The third-order valence-corrected chi connectivity index (χ3v) is 5.14. The highest BCUT2D eigenvalue weighted by Crippen LogP contribution is 2.14. The molecule has 0 aliphatic heterocycles. The molecule has 146 valence electrons. The smallest absolute Gasteiger partial charge is 0.274 e. The van der Waals surface area contributed by atoms with E-state index in [1.54, 1.807) is 31.2 Å². The molecule has 9 nitrogen and oxygen atoms in total. The van der Waals surface area contributed by atoms with Crippen LogP contribution in [0.15, 0.2) is 52.3 Å². The van der Waals surface area contributed by atoms with Crippen LogP contribution >= 0.6 is 0 Å². The van der Waals surface area contributed by atoms with Gasteiger partial charge in [0, 0.05) is 12.7 Å². The molecule has 4 N–H and O–H groups in total. The number of nitrogens with one attached hydrogen (secondary N) is 1. The van der Waals surface area contributed by atoms with Crippen LogP contribution in [0.25, 0.3) is 5.65 Å². The van der Waals surface area contributed by atoms with E-state index in [0.717, 1.165) is 5.56 Å². The number of aromatic nitrogens is 2. The number of pyridine rings is 1. The Kier molecular flexibility index (Phi) is 5.16. The number of hydrogen-bond acceptors (Lipinski definition) is 6. The number of benzene rings is 1. The van der Waals surface area contributed by atoms with Crippen molar-refractivity contribution in [1.82, 2.24) is 14.7 Å². The van der Waals surface area contributed by atoms with Gasteiger partial charge in [-0.2, -0.15) is 4.98 Å². The van der Waals surface area contributed by atoms with E-state index < -0.39 is 32.9 Å². The van der Waals surface area contributed by atoms with Gasteiger partial charge >= 0.3 is 0 Å². The summed E-state index contributed by atoms with van der Waals surface area (Å²) >= 11 is 0. The molecule has 0 radical (unpaired) electrons. The van der Waals surface area contributed by atoms with Crippen LogP contribution in [0.2, 0.25) is 0 Å². The number of fused-ring (bicyclic) bond motifs is 1. The molecule has 0 bridgehead atoms. The van der Waals surface area contributed by atoms with Gasteiger partial charge in [0.2, 0.25) is 15.9 Å². The van der Waals surface area contributed by atoms with Gasteiger partial charge in [0.25, 0.3) is 11.5 Å². The molecule has 10 heteroatoms. The summed E-state index contributed by atoms with van der Waals surface area (Å²) in [6, 6.07) is 9.30. The van der Waals surface area contributed by atoms with Gasteiger partial charge in [0.1, 0.15) is 5.65 Å². The third kappa shape index (κ3) is 3.87. The number of nitrogens with two attached hydrogens (primary N) is 1. The Morgan fingerprint density at radius 2 is 1.93 bits per heavy atom. The van der Waals surface area contributed by atoms with Crippen LogP contribution in [0, 0.1) is 6.92 Å². The molecule has 1 aromatic carbocycles. The molecular formula is C18H18N4O5S. The Hall–Kier alpha value is -3.24. The van der Waals surface area contributed by atoms with Crippen LogP contribution in [0.1, 0.15) is 21.5 Å². The standard InChI is InChI=1S/C18H18N4O5S/c1-11-3-2-10-22-15(11)21-17(24)14(18(22)25)16(23)20-9-8-12-4-6-13(7-5-12)28(19,26)27/h2-7,10,24H,8-9H2,1H3,(H,20,23)(H2,19,26,27). The highest BCUT2D eigenvalue weighted by Gasteiger charge is 2.20. The first-order chi connectivity index (χ1) is 13.2. The summed E-state index contributed by atoms with van der Waals surface area (Å²) in [7, 11) is -3.76. The van der Waals surface area contributed by atoms with Crippen LogP contribution < -0.4 is 16.0 Å². The van der Waals surface area contributed by atoms with Crippen LogP contribution in [-0.4, -0.2) is 35.4 Å². The monoisotopic (exact) mass is 402 g/mol. The molecule has 3 rings (SSSR count). The fourth-order valence-corrected chi connectivity index (χ4v) is 3.26. The van der Waals surface area contributed by atoms with Crippen molar-refractivity contribution in [2.75, 3.05) is 6.54 Å². The molecule has 2 aromatic heterocycles. The first-order valence-corrected chi connectivity index (χ1v) is 9.84. The molecule has 3 aromatic rings. The van der Waals surface area contributed by atoms with Crippen molar-refractivity contribution in [3.8, 4) is 5.88 Å². The molecule has 0 saturated heterocycles. The average Bonchev–Trinajstić information content (AvgIpc) is 2.62. The van der Waals surface area contributed by atoms with Crippen molar-refractivity contribution in [1.29, 1.82) is 0 Å². The first-order valence-electron chi connectivity index (χ1n) is 8.29. The van der Waals surface area contributed by atoms with Crippen LogP contribution in [0.5, 0.6) is 5.88 Å². The lowest BCUT2D eigenvalue weighted by atomic mass is 10.1. The van der Waals surface area contributed by atoms with Gasteiger partial charge in [-0.25, -0.2) is 13.6 Å². The predicted octanol–water partition coefficient (Wildman–Crippen LogP) is 0.328. The summed E-state index contributed by atoms with van der Waals surface area (Å²) < 4.78 is 23.7. The fraction of sp³-hybridized carbons (Fsp3) is 0.167. The van der Waals surface area contributed by atoms with Crippen molar-refractivity contribution in [2.45, 2.75) is 18.2 Å². The normalized spacial score (nSPS) is 11.5. The molecule has 1 amide bonds. The van der Waals surface area contributed by atoms with E-state index in [4.69, 9.17) is 5.14 Å². The van der Waals surface area contributed by atoms with Crippen LogP contribution in [0.3, 0.4) is 0 Å². The number of carbonyl (C=O) groups excluding carboxylic acids is 1. The number of carbonyl (C=O) groups is 1. The van der Waals surface area contributed by atoms with Gasteiger partial charge in [0.05, 0.1) is 4.90 Å². The highest BCUT2D eigenvalue weighted by atomic mass is 32.2. The molecule has 2 heterocycles. The lowest BCUT2D eigenvalue weighted by Crippen LogP contribution is -2.33. The van der Waals surface area contributed by atoms with Gasteiger partial charge in [-0.05, 0) is 42.7 Å². The Morgan fingerprint density at radius 1 is 1.25 bits per heavy atom. The minimum atomic E-state index is -3.76. The zero-order valence-corrected chi connectivity index (χ0v) is 15.7. The number of aryl methyl sites for hydroxylation is 1. The maximum atomic E-state index is 12.5. The molecule has 0 aliphatic carbocycles. The topological polar surface area (TPSA) is 144 Å². The number of amides is 1. The maximum absolute atomic E-state index is 12.5. The molecule has 0 fully saturated rings. The number of primary sulfonamides is 1. The summed E-state index contributed by atoms with van der Waals surface area (Å²) in [4.78, 5) is 28.9. The minimum absolute atomic E-state index is 0.00393. The predicted molar refractivity (Wildman–Crippen MR) is 102 cm³/mol. The van der Waals surface area contributed by atoms with Crippen LogP contribution in [0.4, 0.5) is 0 Å². The quantitative estimate of drug-likeness (QED) is 0.561. The molecule has 0 atom stereocenters. The molecule has 0 saturated carbocycles. The van der Waals surface area contributed by atoms with E-state index in [2.05, 4.69) is 10.3 Å². The fourth-order valence-electron chi connectivity index (χ4n) is 2.74. The van der Waals surface area contributed by atoms with Gasteiger partial charge < -0.3 is 10.4 Å². The second-order valence-corrected chi connectivity index (χ2v) is 7.76. The van der Waals surface area contributed by atoms with Crippen molar-refractivity contribution in [2.24, 2.45) is 5.14 Å². The summed E-state index contributed by atoms with van der Waals surface area (Å²) in [5.74, 6) is -1.37. The molecule has 0 spiro atoms. The van der Waals surface area contributed by atoms with E-state index >= 15 is 0 Å². The number of sulfonamides is 1. The van der Waals surface area contributed by atoms with Crippen molar-refractivity contribution < 1.29 is 18.3 Å².